The minimum atomic E-state index is -1.17. The van der Waals surface area contributed by atoms with Gasteiger partial charge in [-0.3, -0.25) is 19.3 Å². The summed E-state index contributed by atoms with van der Waals surface area (Å²) in [5.74, 6) is -0.300. The molecule has 1 aromatic carbocycles. The number of aldehydes is 1. The highest BCUT2D eigenvalue weighted by Crippen LogP contribution is 2.45. The Morgan fingerprint density at radius 3 is 2.65 bits per heavy atom. The molecule has 0 saturated carbocycles. The van der Waals surface area contributed by atoms with Gasteiger partial charge in [0.1, 0.15) is 12.8 Å². The SMILES string of the molecule is CCOc1cc(C=O)cc2c1OC(C)(C)C(=O)N2CC(=O)OC. The minimum Gasteiger partial charge on any atom is -0.490 e. The first kappa shape index (κ1) is 16.8. The molecular formula is C16H19NO6. The number of benzene rings is 1. The topological polar surface area (TPSA) is 82.1 Å². The van der Waals surface area contributed by atoms with Gasteiger partial charge < -0.3 is 14.2 Å². The van der Waals surface area contributed by atoms with E-state index in [0.717, 1.165) is 0 Å². The first-order chi connectivity index (χ1) is 10.8. The molecule has 2 rings (SSSR count). The summed E-state index contributed by atoms with van der Waals surface area (Å²) in [5, 5.41) is 0. The zero-order chi connectivity index (χ0) is 17.2. The third-order valence-corrected chi connectivity index (χ3v) is 3.42. The van der Waals surface area contributed by atoms with Crippen molar-refractivity contribution in [3.63, 3.8) is 0 Å². The van der Waals surface area contributed by atoms with Crippen molar-refractivity contribution in [2.75, 3.05) is 25.2 Å². The average molecular weight is 321 g/mol. The van der Waals surface area contributed by atoms with Crippen molar-refractivity contribution in [1.29, 1.82) is 0 Å². The van der Waals surface area contributed by atoms with Crippen molar-refractivity contribution < 1.29 is 28.6 Å². The van der Waals surface area contributed by atoms with Gasteiger partial charge in [0.25, 0.3) is 5.91 Å². The van der Waals surface area contributed by atoms with Crippen LogP contribution in [0.2, 0.25) is 0 Å². The van der Waals surface area contributed by atoms with Crippen molar-refractivity contribution in [1.82, 2.24) is 0 Å². The van der Waals surface area contributed by atoms with Gasteiger partial charge in [-0.25, -0.2) is 0 Å². The number of hydrogen-bond acceptors (Lipinski definition) is 6. The Kier molecular flexibility index (Phi) is 4.58. The van der Waals surface area contributed by atoms with E-state index in [9.17, 15) is 14.4 Å². The van der Waals surface area contributed by atoms with E-state index in [1.54, 1.807) is 20.8 Å². The summed E-state index contributed by atoms with van der Waals surface area (Å²) in [6.07, 6.45) is 0.642. The van der Waals surface area contributed by atoms with E-state index in [-0.39, 0.29) is 6.54 Å². The molecule has 7 heteroatoms. The molecule has 0 atom stereocenters. The van der Waals surface area contributed by atoms with Gasteiger partial charge in [0.05, 0.1) is 19.4 Å². The lowest BCUT2D eigenvalue weighted by atomic mass is 10.0. The molecule has 124 valence electrons. The number of esters is 1. The number of amides is 1. The predicted octanol–water partition coefficient (Wildman–Crippen LogP) is 1.57. The van der Waals surface area contributed by atoms with Gasteiger partial charge in [0.15, 0.2) is 17.1 Å². The first-order valence-electron chi connectivity index (χ1n) is 7.17. The maximum atomic E-state index is 12.6. The Morgan fingerprint density at radius 1 is 1.39 bits per heavy atom. The summed E-state index contributed by atoms with van der Waals surface area (Å²) in [7, 11) is 1.24. The second kappa shape index (κ2) is 6.28. The Hall–Kier alpha value is -2.57. The van der Waals surface area contributed by atoms with Gasteiger partial charge >= 0.3 is 5.97 Å². The summed E-state index contributed by atoms with van der Waals surface area (Å²) in [6.45, 7) is 5.09. The van der Waals surface area contributed by atoms with Gasteiger partial charge in [-0.1, -0.05) is 0 Å². The lowest BCUT2D eigenvalue weighted by Gasteiger charge is -2.38. The van der Waals surface area contributed by atoms with Crippen LogP contribution >= 0.6 is 0 Å². The molecule has 1 aliphatic rings. The maximum absolute atomic E-state index is 12.6. The highest BCUT2D eigenvalue weighted by molar-refractivity contribution is 6.06. The van der Waals surface area contributed by atoms with Crippen molar-refractivity contribution in [2.45, 2.75) is 26.4 Å². The van der Waals surface area contributed by atoms with Crippen molar-refractivity contribution in [3.8, 4) is 11.5 Å². The van der Waals surface area contributed by atoms with Crippen LogP contribution in [0, 0.1) is 0 Å². The van der Waals surface area contributed by atoms with Crippen LogP contribution in [0.15, 0.2) is 12.1 Å². The van der Waals surface area contributed by atoms with Crippen molar-refractivity contribution in [2.24, 2.45) is 0 Å². The Labute approximate surface area is 134 Å². The first-order valence-corrected chi connectivity index (χ1v) is 7.17. The van der Waals surface area contributed by atoms with Gasteiger partial charge in [-0.2, -0.15) is 0 Å². The van der Waals surface area contributed by atoms with E-state index < -0.39 is 17.5 Å². The quantitative estimate of drug-likeness (QED) is 0.605. The summed E-state index contributed by atoms with van der Waals surface area (Å²) in [5.41, 5.74) is -0.541. The number of carbonyl (C=O) groups is 3. The van der Waals surface area contributed by atoms with Crippen LogP contribution in [0.1, 0.15) is 31.1 Å². The van der Waals surface area contributed by atoms with Crippen LogP contribution in [-0.4, -0.2) is 44.0 Å². The molecular weight excluding hydrogens is 302 g/mol. The van der Waals surface area contributed by atoms with E-state index in [2.05, 4.69) is 4.74 Å². The Morgan fingerprint density at radius 2 is 2.09 bits per heavy atom. The van der Waals surface area contributed by atoms with E-state index in [1.807, 2.05) is 0 Å². The number of rotatable bonds is 5. The fourth-order valence-corrected chi connectivity index (χ4v) is 2.33. The number of methoxy groups -OCH3 is 1. The monoisotopic (exact) mass is 321 g/mol. The third kappa shape index (κ3) is 3.13. The minimum absolute atomic E-state index is 0.275. The fraction of sp³-hybridized carbons (Fsp3) is 0.438. The molecule has 1 aromatic rings. The zero-order valence-corrected chi connectivity index (χ0v) is 13.5. The van der Waals surface area contributed by atoms with Crippen molar-refractivity contribution >= 4 is 23.9 Å². The van der Waals surface area contributed by atoms with Crippen LogP contribution in [0.4, 0.5) is 5.69 Å². The van der Waals surface area contributed by atoms with Gasteiger partial charge in [-0.15, -0.1) is 0 Å². The molecule has 0 aromatic heterocycles. The summed E-state index contributed by atoms with van der Waals surface area (Å²) < 4.78 is 15.9. The Balaban J connectivity index is 2.62. The average Bonchev–Trinajstić information content (AvgIpc) is 2.52. The van der Waals surface area contributed by atoms with Gasteiger partial charge in [-0.05, 0) is 32.9 Å². The van der Waals surface area contributed by atoms with Crippen molar-refractivity contribution in [3.05, 3.63) is 17.7 Å². The van der Waals surface area contributed by atoms with E-state index in [0.29, 0.717) is 35.6 Å². The molecule has 0 fully saturated rings. The summed E-state index contributed by atoms with van der Waals surface area (Å²) >= 11 is 0. The predicted molar refractivity (Wildman–Crippen MR) is 82.1 cm³/mol. The standard InChI is InChI=1S/C16H19NO6/c1-5-22-12-7-10(9-18)6-11-14(12)23-16(2,3)15(20)17(11)8-13(19)21-4/h6-7,9H,5,8H2,1-4H3. The third-order valence-electron chi connectivity index (χ3n) is 3.42. The largest absolute Gasteiger partial charge is 0.490 e. The van der Waals surface area contributed by atoms with Crippen LogP contribution in [0.3, 0.4) is 0 Å². The molecule has 7 nitrogen and oxygen atoms in total. The molecule has 0 radical (unpaired) electrons. The molecule has 0 aliphatic carbocycles. The normalized spacial score (nSPS) is 15.5. The van der Waals surface area contributed by atoms with Crippen LogP contribution in [-0.2, 0) is 14.3 Å². The summed E-state index contributed by atoms with van der Waals surface area (Å²) in [4.78, 5) is 36.6. The maximum Gasteiger partial charge on any atom is 0.325 e. The molecule has 1 aliphatic heterocycles. The molecule has 23 heavy (non-hydrogen) atoms. The van der Waals surface area contributed by atoms with Crippen LogP contribution in [0.5, 0.6) is 11.5 Å². The number of carbonyl (C=O) groups excluding carboxylic acids is 3. The Bertz CT molecular complexity index is 652. The van der Waals surface area contributed by atoms with E-state index in [4.69, 9.17) is 9.47 Å². The summed E-state index contributed by atoms with van der Waals surface area (Å²) in [6, 6.07) is 3.03. The molecule has 1 amide bonds. The number of nitrogens with zero attached hydrogens (tertiary/aromatic N) is 1. The van der Waals surface area contributed by atoms with Crippen LogP contribution in [0.25, 0.3) is 0 Å². The van der Waals surface area contributed by atoms with E-state index in [1.165, 1.54) is 24.1 Å². The highest BCUT2D eigenvalue weighted by atomic mass is 16.5. The number of ether oxygens (including phenoxy) is 3. The van der Waals surface area contributed by atoms with Gasteiger partial charge in [0.2, 0.25) is 0 Å². The van der Waals surface area contributed by atoms with Crippen LogP contribution < -0.4 is 14.4 Å². The number of anilines is 1. The molecule has 0 unspecified atom stereocenters. The molecule has 0 N–H and O–H groups in total. The molecule has 0 spiro atoms. The lowest BCUT2D eigenvalue weighted by molar-refractivity contribution is -0.142. The molecule has 0 saturated heterocycles. The fourth-order valence-electron chi connectivity index (χ4n) is 2.33. The highest BCUT2D eigenvalue weighted by Gasteiger charge is 2.43. The van der Waals surface area contributed by atoms with E-state index >= 15 is 0 Å². The second-order valence-electron chi connectivity index (χ2n) is 5.50. The lowest BCUT2D eigenvalue weighted by Crippen LogP contribution is -2.54. The zero-order valence-electron chi connectivity index (χ0n) is 13.5. The van der Waals surface area contributed by atoms with Gasteiger partial charge in [0, 0.05) is 5.56 Å². The number of hydrogen-bond donors (Lipinski definition) is 0. The smallest absolute Gasteiger partial charge is 0.325 e. The molecule has 0 bridgehead atoms. The molecule has 1 heterocycles. The second-order valence-corrected chi connectivity index (χ2v) is 5.50. The number of fused-ring (bicyclic) bond motifs is 1.